The van der Waals surface area contributed by atoms with Gasteiger partial charge in [0.15, 0.2) is 0 Å². The van der Waals surface area contributed by atoms with Crippen LogP contribution in [-0.2, 0) is 11.2 Å². The largest absolute Gasteiger partial charge is 0.354 e. The molecule has 0 aliphatic rings. The summed E-state index contributed by atoms with van der Waals surface area (Å²) < 4.78 is 5.28. The van der Waals surface area contributed by atoms with Crippen LogP contribution in [0.4, 0.5) is 5.69 Å². The van der Waals surface area contributed by atoms with Crippen molar-refractivity contribution in [3.05, 3.63) is 52.8 Å². The Kier molecular flexibility index (Phi) is 5.96. The van der Waals surface area contributed by atoms with Crippen molar-refractivity contribution in [3.63, 3.8) is 0 Å². The minimum atomic E-state index is -0.254. The number of benzene rings is 1. The molecule has 7 nitrogen and oxygen atoms in total. The molecule has 0 aliphatic carbocycles. The third-order valence-electron chi connectivity index (χ3n) is 4.50. The maximum absolute atomic E-state index is 13.0. The highest BCUT2D eigenvalue weighted by atomic mass is 16.5. The van der Waals surface area contributed by atoms with Crippen LogP contribution in [0.25, 0.3) is 11.1 Å². The lowest BCUT2D eigenvalue weighted by Crippen LogP contribution is -2.31. The topological polar surface area (TPSA) is 97.1 Å². The van der Waals surface area contributed by atoms with E-state index in [0.29, 0.717) is 34.5 Å². The van der Waals surface area contributed by atoms with Gasteiger partial charge in [-0.3, -0.25) is 9.59 Å². The molecule has 29 heavy (non-hydrogen) atoms. The molecule has 7 heteroatoms. The van der Waals surface area contributed by atoms with Gasteiger partial charge in [0, 0.05) is 17.4 Å². The van der Waals surface area contributed by atoms with Gasteiger partial charge in [-0.2, -0.15) is 0 Å². The van der Waals surface area contributed by atoms with Gasteiger partial charge in [0.2, 0.25) is 5.91 Å². The second-order valence-electron chi connectivity index (χ2n) is 7.75. The van der Waals surface area contributed by atoms with Gasteiger partial charge in [0.1, 0.15) is 0 Å². The van der Waals surface area contributed by atoms with Crippen molar-refractivity contribution in [2.45, 2.75) is 53.0 Å². The molecule has 0 aliphatic heterocycles. The summed E-state index contributed by atoms with van der Waals surface area (Å²) in [5, 5.41) is 10.3. The number of aryl methyl sites for hydroxylation is 1. The number of fused-ring (bicyclic) bond motifs is 1. The van der Waals surface area contributed by atoms with Crippen LogP contribution in [0.3, 0.4) is 0 Å². The summed E-state index contributed by atoms with van der Waals surface area (Å²) in [4.78, 5) is 29.3. The normalized spacial score (nSPS) is 11.3. The molecule has 3 aromatic rings. The number of pyridine rings is 1. The zero-order valence-corrected chi connectivity index (χ0v) is 17.4. The first-order chi connectivity index (χ1) is 13.7. The molecule has 0 atom stereocenters. The first-order valence-corrected chi connectivity index (χ1v) is 9.71. The van der Waals surface area contributed by atoms with Gasteiger partial charge in [-0.15, -0.1) is 0 Å². The van der Waals surface area contributed by atoms with Crippen molar-refractivity contribution in [2.24, 2.45) is 0 Å². The number of aromatic nitrogens is 2. The third-order valence-corrected chi connectivity index (χ3v) is 4.50. The Bertz CT molecular complexity index is 1040. The number of rotatable bonds is 6. The molecule has 0 saturated carbocycles. The third kappa shape index (κ3) is 4.80. The standard InChI is InChI=1S/C22H26N4O3/c1-12(2)18-11-17(20-14(5)26-29-22(20)25-18)21(28)24-16-8-6-15(7-9-16)10-19(27)23-13(3)4/h6-9,11-13H,10H2,1-5H3,(H,23,27)(H,24,28). The minimum Gasteiger partial charge on any atom is -0.354 e. The van der Waals surface area contributed by atoms with Crippen molar-refractivity contribution in [1.82, 2.24) is 15.5 Å². The maximum atomic E-state index is 13.0. The second kappa shape index (κ2) is 8.43. The fraction of sp³-hybridized carbons (Fsp3) is 0.364. The number of hydrogen-bond acceptors (Lipinski definition) is 5. The molecule has 1 aromatic carbocycles. The Morgan fingerprint density at radius 2 is 1.79 bits per heavy atom. The van der Waals surface area contributed by atoms with Gasteiger partial charge in [0.05, 0.1) is 23.1 Å². The van der Waals surface area contributed by atoms with Crippen LogP contribution in [0, 0.1) is 6.92 Å². The first-order valence-electron chi connectivity index (χ1n) is 9.71. The molecule has 2 heterocycles. The van der Waals surface area contributed by atoms with E-state index >= 15 is 0 Å². The second-order valence-corrected chi connectivity index (χ2v) is 7.75. The van der Waals surface area contributed by atoms with Crippen molar-refractivity contribution >= 4 is 28.6 Å². The van der Waals surface area contributed by atoms with Crippen LogP contribution < -0.4 is 10.6 Å². The Morgan fingerprint density at radius 1 is 1.10 bits per heavy atom. The summed E-state index contributed by atoms with van der Waals surface area (Å²) in [6.07, 6.45) is 0.301. The van der Waals surface area contributed by atoms with E-state index in [1.54, 1.807) is 25.1 Å². The first kappa shape index (κ1) is 20.5. The highest BCUT2D eigenvalue weighted by molar-refractivity contribution is 6.12. The number of nitrogens with zero attached hydrogens (tertiary/aromatic N) is 2. The lowest BCUT2D eigenvalue weighted by Gasteiger charge is -2.11. The maximum Gasteiger partial charge on any atom is 0.259 e. The van der Waals surface area contributed by atoms with Crippen LogP contribution in [0.2, 0.25) is 0 Å². The molecular formula is C22H26N4O3. The molecule has 2 amide bonds. The highest BCUT2D eigenvalue weighted by Gasteiger charge is 2.20. The zero-order valence-electron chi connectivity index (χ0n) is 17.4. The molecule has 3 rings (SSSR count). The number of anilines is 1. The van der Waals surface area contributed by atoms with Gasteiger partial charge in [-0.1, -0.05) is 31.1 Å². The van der Waals surface area contributed by atoms with Crippen LogP contribution in [0.5, 0.6) is 0 Å². The van der Waals surface area contributed by atoms with E-state index in [0.717, 1.165) is 11.3 Å². The predicted molar refractivity (Wildman–Crippen MR) is 112 cm³/mol. The van der Waals surface area contributed by atoms with E-state index in [9.17, 15) is 9.59 Å². The number of carbonyl (C=O) groups excluding carboxylic acids is 2. The number of hydrogen-bond donors (Lipinski definition) is 2. The summed E-state index contributed by atoms with van der Waals surface area (Å²) in [6.45, 7) is 9.65. The van der Waals surface area contributed by atoms with E-state index < -0.39 is 0 Å². The SMILES string of the molecule is Cc1noc2nc(C(C)C)cc(C(=O)Nc3ccc(CC(=O)NC(C)C)cc3)c12. The Balaban J connectivity index is 1.80. The lowest BCUT2D eigenvalue weighted by atomic mass is 10.0. The number of amides is 2. The average Bonchev–Trinajstić information content (AvgIpc) is 3.03. The van der Waals surface area contributed by atoms with Gasteiger partial charge >= 0.3 is 0 Å². The molecule has 0 fully saturated rings. The molecule has 2 N–H and O–H groups in total. The van der Waals surface area contributed by atoms with E-state index in [-0.39, 0.29) is 23.8 Å². The van der Waals surface area contributed by atoms with E-state index in [1.165, 1.54) is 0 Å². The molecule has 152 valence electrons. The van der Waals surface area contributed by atoms with E-state index in [1.807, 2.05) is 39.8 Å². The molecule has 0 bridgehead atoms. The fourth-order valence-corrected chi connectivity index (χ4v) is 3.05. The monoisotopic (exact) mass is 394 g/mol. The Labute approximate surface area is 169 Å². The fourth-order valence-electron chi connectivity index (χ4n) is 3.05. The summed E-state index contributed by atoms with van der Waals surface area (Å²) in [6, 6.07) is 9.15. The van der Waals surface area contributed by atoms with Gasteiger partial charge < -0.3 is 15.2 Å². The predicted octanol–water partition coefficient (Wildman–Crippen LogP) is 3.97. The van der Waals surface area contributed by atoms with Crippen molar-refractivity contribution in [2.75, 3.05) is 5.32 Å². The van der Waals surface area contributed by atoms with E-state index in [4.69, 9.17) is 4.52 Å². The smallest absolute Gasteiger partial charge is 0.259 e. The molecule has 0 saturated heterocycles. The zero-order chi connectivity index (χ0) is 21.1. The average molecular weight is 394 g/mol. The van der Waals surface area contributed by atoms with Crippen molar-refractivity contribution < 1.29 is 14.1 Å². The van der Waals surface area contributed by atoms with Crippen LogP contribution in [-0.4, -0.2) is 28.0 Å². The van der Waals surface area contributed by atoms with Gasteiger partial charge in [-0.05, 0) is 50.5 Å². The minimum absolute atomic E-state index is 0.0277. The molecule has 2 aromatic heterocycles. The summed E-state index contributed by atoms with van der Waals surface area (Å²) in [5.74, 6) is -0.136. The van der Waals surface area contributed by atoms with E-state index in [2.05, 4.69) is 20.8 Å². The van der Waals surface area contributed by atoms with Gasteiger partial charge in [-0.25, -0.2) is 4.98 Å². The molecular weight excluding hydrogens is 368 g/mol. The summed E-state index contributed by atoms with van der Waals surface area (Å²) in [7, 11) is 0. The lowest BCUT2D eigenvalue weighted by molar-refractivity contribution is -0.120. The molecule has 0 spiro atoms. The number of carbonyl (C=O) groups is 2. The quantitative estimate of drug-likeness (QED) is 0.659. The summed E-state index contributed by atoms with van der Waals surface area (Å²) in [5.41, 5.74) is 3.77. The van der Waals surface area contributed by atoms with Crippen molar-refractivity contribution in [3.8, 4) is 0 Å². The van der Waals surface area contributed by atoms with Gasteiger partial charge in [0.25, 0.3) is 11.6 Å². The summed E-state index contributed by atoms with van der Waals surface area (Å²) >= 11 is 0. The van der Waals surface area contributed by atoms with Crippen LogP contribution >= 0.6 is 0 Å². The van der Waals surface area contributed by atoms with Crippen LogP contribution in [0.15, 0.2) is 34.9 Å². The highest BCUT2D eigenvalue weighted by Crippen LogP contribution is 2.26. The van der Waals surface area contributed by atoms with Crippen molar-refractivity contribution in [1.29, 1.82) is 0 Å². The van der Waals surface area contributed by atoms with Crippen LogP contribution in [0.1, 0.15) is 60.9 Å². The molecule has 0 unspecified atom stereocenters. The Hall–Kier alpha value is -3.22. The Morgan fingerprint density at radius 3 is 2.41 bits per heavy atom. The molecule has 0 radical (unpaired) electrons. The number of nitrogens with one attached hydrogen (secondary N) is 2.